The molecule has 0 bridgehead atoms. The number of amides is 2. The third kappa shape index (κ3) is 8.04. The van der Waals surface area contributed by atoms with E-state index >= 15 is 0 Å². The molecule has 0 saturated carbocycles. The molecule has 0 heterocycles. The van der Waals surface area contributed by atoms with Crippen molar-refractivity contribution in [3.63, 3.8) is 0 Å². The molecule has 3 rings (SSSR count). The summed E-state index contributed by atoms with van der Waals surface area (Å²) in [7, 11) is -4.53. The number of benzene rings is 3. The summed E-state index contributed by atoms with van der Waals surface area (Å²) in [5.41, 5.74) is -0.965. The van der Waals surface area contributed by atoms with Crippen LogP contribution < -0.4 is 9.62 Å². The van der Waals surface area contributed by atoms with Crippen LogP contribution in [0.5, 0.6) is 0 Å². The van der Waals surface area contributed by atoms with Gasteiger partial charge in [-0.15, -0.1) is 0 Å². The first kappa shape index (κ1) is 32.9. The molecule has 0 radical (unpaired) electrons. The maximum absolute atomic E-state index is 14.0. The fourth-order valence-electron chi connectivity index (χ4n) is 4.27. The summed E-state index contributed by atoms with van der Waals surface area (Å²) in [5, 5.41) is 2.25. The topological polar surface area (TPSA) is 86.8 Å². The van der Waals surface area contributed by atoms with Crippen LogP contribution in [0.1, 0.15) is 44.7 Å². The van der Waals surface area contributed by atoms with Gasteiger partial charge in [-0.3, -0.25) is 13.9 Å². The maximum Gasteiger partial charge on any atom is 0.417 e. The molecule has 0 unspecified atom stereocenters. The molecular formula is C30H33ClF3N3O4S. The second kappa shape index (κ2) is 14.1. The summed E-state index contributed by atoms with van der Waals surface area (Å²) in [6, 6.07) is 17.4. The Labute approximate surface area is 249 Å². The van der Waals surface area contributed by atoms with Crippen LogP contribution in [0.2, 0.25) is 5.02 Å². The van der Waals surface area contributed by atoms with Gasteiger partial charge in [-0.1, -0.05) is 74.0 Å². The van der Waals surface area contributed by atoms with E-state index in [0.29, 0.717) is 22.4 Å². The molecule has 0 aliphatic carbocycles. The van der Waals surface area contributed by atoms with E-state index in [0.717, 1.165) is 12.1 Å². The van der Waals surface area contributed by atoms with Gasteiger partial charge in [0.15, 0.2) is 0 Å². The van der Waals surface area contributed by atoms with Crippen molar-refractivity contribution in [2.24, 2.45) is 0 Å². The molecule has 2 atom stereocenters. The minimum Gasteiger partial charge on any atom is -0.352 e. The fraction of sp³-hybridized carbons (Fsp3) is 0.333. The number of alkyl halides is 3. The van der Waals surface area contributed by atoms with Gasteiger partial charge in [0.1, 0.15) is 12.6 Å². The Hall–Kier alpha value is -3.57. The Bertz CT molecular complexity index is 1470. The molecule has 0 spiro atoms. The first-order chi connectivity index (χ1) is 19.8. The molecule has 3 aromatic rings. The molecule has 1 N–H and O–H groups in total. The molecule has 0 aliphatic rings. The third-order valence-electron chi connectivity index (χ3n) is 6.74. The highest BCUT2D eigenvalue weighted by Gasteiger charge is 2.37. The van der Waals surface area contributed by atoms with Crippen LogP contribution >= 0.6 is 11.6 Å². The number of nitrogens with one attached hydrogen (secondary N) is 1. The third-order valence-corrected chi connectivity index (χ3v) is 8.85. The van der Waals surface area contributed by atoms with Crippen molar-refractivity contribution in [1.82, 2.24) is 10.2 Å². The van der Waals surface area contributed by atoms with Crippen LogP contribution in [-0.2, 0) is 32.3 Å². The predicted octanol–water partition coefficient (Wildman–Crippen LogP) is 6.28. The smallest absolute Gasteiger partial charge is 0.352 e. The van der Waals surface area contributed by atoms with E-state index in [1.165, 1.54) is 29.2 Å². The summed E-state index contributed by atoms with van der Waals surface area (Å²) in [4.78, 5) is 28.3. The second-order valence-corrected chi connectivity index (χ2v) is 12.0. The van der Waals surface area contributed by atoms with E-state index in [1.807, 2.05) is 13.8 Å². The highest BCUT2D eigenvalue weighted by atomic mass is 35.5. The number of hydrogen-bond donors (Lipinski definition) is 1. The first-order valence-electron chi connectivity index (χ1n) is 13.4. The molecule has 12 heteroatoms. The van der Waals surface area contributed by atoms with E-state index in [2.05, 4.69) is 5.32 Å². The summed E-state index contributed by atoms with van der Waals surface area (Å²) in [6.07, 6.45) is -4.01. The zero-order valence-electron chi connectivity index (χ0n) is 23.4. The monoisotopic (exact) mass is 623 g/mol. The highest BCUT2D eigenvalue weighted by molar-refractivity contribution is 7.92. The summed E-state index contributed by atoms with van der Waals surface area (Å²) < 4.78 is 69.5. The standard InChI is InChI=1S/C30H33ClF3N3O4S/c1-4-21(3)35-29(39)27(5-2)36(19-22-12-8-6-9-13-22)28(38)20-37(42(40,41)24-14-10-7-11-15-24)23-16-17-26(31)25(18-23)30(32,33)34/h6-18,21,27H,4-5,19-20H2,1-3H3,(H,35,39)/t21-,27+/m0/s1. The first-order valence-corrected chi connectivity index (χ1v) is 15.2. The molecule has 0 fully saturated rings. The lowest BCUT2D eigenvalue weighted by atomic mass is 10.1. The Balaban J connectivity index is 2.12. The SMILES string of the molecule is CC[C@H](C(=O)N[C@@H](C)CC)N(Cc1ccccc1)C(=O)CN(c1ccc(Cl)c(C(F)(F)F)c1)S(=O)(=O)c1ccccc1. The molecule has 2 amide bonds. The fourth-order valence-corrected chi connectivity index (χ4v) is 5.93. The van der Waals surface area contributed by atoms with Gasteiger partial charge in [-0.25, -0.2) is 8.42 Å². The number of rotatable bonds is 12. The molecule has 0 aliphatic heterocycles. The normalized spacial score (nSPS) is 13.2. The lowest BCUT2D eigenvalue weighted by molar-refractivity contribution is -0.140. The Morgan fingerprint density at radius 3 is 2.07 bits per heavy atom. The lowest BCUT2D eigenvalue weighted by Gasteiger charge is -2.34. The van der Waals surface area contributed by atoms with Gasteiger partial charge < -0.3 is 10.2 Å². The van der Waals surface area contributed by atoms with Gasteiger partial charge in [0.05, 0.1) is 21.2 Å². The zero-order chi connectivity index (χ0) is 31.1. The summed E-state index contributed by atoms with van der Waals surface area (Å²) >= 11 is 5.80. The van der Waals surface area contributed by atoms with Gasteiger partial charge in [-0.05, 0) is 55.7 Å². The Kier molecular flexibility index (Phi) is 11.0. The molecule has 226 valence electrons. The van der Waals surface area contributed by atoms with E-state index in [9.17, 15) is 31.2 Å². The van der Waals surface area contributed by atoms with Crippen LogP contribution in [0.4, 0.5) is 18.9 Å². The number of hydrogen-bond acceptors (Lipinski definition) is 4. The molecular weight excluding hydrogens is 591 g/mol. The molecule has 0 saturated heterocycles. The van der Waals surface area contributed by atoms with Crippen molar-refractivity contribution in [2.75, 3.05) is 10.8 Å². The summed E-state index contributed by atoms with van der Waals surface area (Å²) in [5.74, 6) is -1.19. The minimum absolute atomic E-state index is 0.0280. The highest BCUT2D eigenvalue weighted by Crippen LogP contribution is 2.38. The zero-order valence-corrected chi connectivity index (χ0v) is 25.0. The van der Waals surface area contributed by atoms with E-state index in [4.69, 9.17) is 11.6 Å². The van der Waals surface area contributed by atoms with Crippen LogP contribution in [-0.4, -0.2) is 43.8 Å². The van der Waals surface area contributed by atoms with Crippen molar-refractivity contribution in [3.8, 4) is 0 Å². The largest absolute Gasteiger partial charge is 0.417 e. The van der Waals surface area contributed by atoms with Crippen LogP contribution in [0, 0.1) is 0 Å². The minimum atomic E-state index is -4.88. The molecule has 42 heavy (non-hydrogen) atoms. The Morgan fingerprint density at radius 1 is 0.929 bits per heavy atom. The second-order valence-electron chi connectivity index (χ2n) is 9.74. The molecule has 7 nitrogen and oxygen atoms in total. The number of halogens is 4. The molecule has 3 aromatic carbocycles. The van der Waals surface area contributed by atoms with Gasteiger partial charge in [0.2, 0.25) is 11.8 Å². The molecule has 0 aromatic heterocycles. The van der Waals surface area contributed by atoms with Crippen LogP contribution in [0.3, 0.4) is 0 Å². The number of carbonyl (C=O) groups excluding carboxylic acids is 2. The number of sulfonamides is 1. The van der Waals surface area contributed by atoms with Crippen LogP contribution in [0.15, 0.2) is 83.8 Å². The van der Waals surface area contributed by atoms with Crippen molar-refractivity contribution in [1.29, 1.82) is 0 Å². The van der Waals surface area contributed by atoms with Gasteiger partial charge in [0, 0.05) is 12.6 Å². The summed E-state index contributed by atoms with van der Waals surface area (Å²) in [6.45, 7) is 4.54. The quantitative estimate of drug-likeness (QED) is 0.257. The van der Waals surface area contributed by atoms with E-state index in [-0.39, 0.29) is 23.9 Å². The van der Waals surface area contributed by atoms with Crippen molar-refractivity contribution < 1.29 is 31.2 Å². The van der Waals surface area contributed by atoms with Gasteiger partial charge in [0.25, 0.3) is 10.0 Å². The Morgan fingerprint density at radius 2 is 1.52 bits per heavy atom. The lowest BCUT2D eigenvalue weighted by Crippen LogP contribution is -2.53. The maximum atomic E-state index is 14.0. The van der Waals surface area contributed by atoms with E-state index in [1.54, 1.807) is 43.3 Å². The van der Waals surface area contributed by atoms with Gasteiger partial charge in [-0.2, -0.15) is 13.2 Å². The van der Waals surface area contributed by atoms with E-state index < -0.39 is 56.9 Å². The number of nitrogens with zero attached hydrogens (tertiary/aromatic N) is 2. The number of carbonyl (C=O) groups is 2. The average Bonchev–Trinajstić information content (AvgIpc) is 2.96. The van der Waals surface area contributed by atoms with Crippen molar-refractivity contribution >= 4 is 39.1 Å². The van der Waals surface area contributed by atoms with Crippen molar-refractivity contribution in [2.45, 2.75) is 63.3 Å². The van der Waals surface area contributed by atoms with Crippen molar-refractivity contribution in [3.05, 3.63) is 95.0 Å². The predicted molar refractivity (Wildman–Crippen MR) is 156 cm³/mol. The van der Waals surface area contributed by atoms with Crippen LogP contribution in [0.25, 0.3) is 0 Å². The average molecular weight is 624 g/mol. The number of anilines is 1. The van der Waals surface area contributed by atoms with Gasteiger partial charge >= 0.3 is 6.18 Å².